The zero-order valence-corrected chi connectivity index (χ0v) is 13.3. The third-order valence-corrected chi connectivity index (χ3v) is 4.53. The number of aromatic nitrogens is 3. The summed E-state index contributed by atoms with van der Waals surface area (Å²) in [4.78, 5) is 14.6. The predicted octanol–water partition coefficient (Wildman–Crippen LogP) is 2.84. The molecule has 1 fully saturated rings. The van der Waals surface area contributed by atoms with Gasteiger partial charge < -0.3 is 10.6 Å². The summed E-state index contributed by atoms with van der Waals surface area (Å²) in [6.45, 7) is 6.25. The normalized spacial score (nSPS) is 16.1. The molecule has 2 aromatic heterocycles. The van der Waals surface area contributed by atoms with Gasteiger partial charge >= 0.3 is 0 Å². The van der Waals surface area contributed by atoms with E-state index in [-0.39, 0.29) is 0 Å². The Hall–Kier alpha value is -1.53. The molecule has 0 aromatic carbocycles. The summed E-state index contributed by atoms with van der Waals surface area (Å²) in [5, 5.41) is 7.58. The molecule has 2 N–H and O–H groups in total. The number of anilines is 2. The fourth-order valence-electron chi connectivity index (χ4n) is 2.70. The molecule has 3 heterocycles. The van der Waals surface area contributed by atoms with E-state index in [2.05, 4.69) is 38.6 Å². The highest BCUT2D eigenvalue weighted by Gasteiger charge is 2.15. The van der Waals surface area contributed by atoms with Crippen molar-refractivity contribution >= 4 is 22.3 Å². The van der Waals surface area contributed by atoms with Crippen molar-refractivity contribution in [3.05, 3.63) is 28.7 Å². The first-order valence-corrected chi connectivity index (χ1v) is 8.25. The molecule has 0 spiro atoms. The molecule has 1 aliphatic rings. The summed E-state index contributed by atoms with van der Waals surface area (Å²) in [6, 6.07) is 2.06. The zero-order valence-electron chi connectivity index (χ0n) is 12.5. The summed E-state index contributed by atoms with van der Waals surface area (Å²) in [5.74, 6) is 2.40. The summed E-state index contributed by atoms with van der Waals surface area (Å²) in [6.07, 6.45) is 5.38. The van der Waals surface area contributed by atoms with Gasteiger partial charge in [0.15, 0.2) is 5.13 Å². The van der Waals surface area contributed by atoms with Crippen LogP contribution in [0, 0.1) is 19.8 Å². The van der Waals surface area contributed by atoms with Crippen LogP contribution in [0.4, 0.5) is 10.9 Å². The van der Waals surface area contributed by atoms with Crippen LogP contribution in [0.2, 0.25) is 0 Å². The van der Waals surface area contributed by atoms with Crippen molar-refractivity contribution in [3.8, 4) is 0 Å². The molecule has 0 radical (unpaired) electrons. The van der Waals surface area contributed by atoms with Crippen molar-refractivity contribution in [1.29, 1.82) is 0 Å². The van der Waals surface area contributed by atoms with E-state index in [9.17, 15) is 0 Å². The van der Waals surface area contributed by atoms with Crippen molar-refractivity contribution in [3.63, 3.8) is 0 Å². The van der Waals surface area contributed by atoms with Crippen LogP contribution in [0.1, 0.15) is 29.2 Å². The number of hydrogen-bond acceptors (Lipinski definition) is 6. The molecule has 6 heteroatoms. The van der Waals surface area contributed by atoms with Gasteiger partial charge in [-0.2, -0.15) is 0 Å². The lowest BCUT2D eigenvalue weighted by molar-refractivity contribution is 0.370. The number of nitrogens with zero attached hydrogens (tertiary/aromatic N) is 3. The van der Waals surface area contributed by atoms with E-state index in [1.807, 2.05) is 13.1 Å². The molecule has 21 heavy (non-hydrogen) atoms. The average Bonchev–Trinajstić information content (AvgIpc) is 2.84. The molecule has 0 unspecified atom stereocenters. The first-order chi connectivity index (χ1) is 10.2. The average molecular weight is 303 g/mol. The molecule has 0 saturated carbocycles. The van der Waals surface area contributed by atoms with Gasteiger partial charge in [0.1, 0.15) is 11.6 Å². The summed E-state index contributed by atoms with van der Waals surface area (Å²) >= 11 is 1.64. The van der Waals surface area contributed by atoms with Gasteiger partial charge in [0.25, 0.3) is 0 Å². The number of aryl methyl sites for hydroxylation is 2. The molecule has 0 bridgehead atoms. The van der Waals surface area contributed by atoms with Gasteiger partial charge in [-0.15, -0.1) is 11.3 Å². The minimum atomic E-state index is 0.732. The SMILES string of the molecule is Cc1nc(CC2CCNCC2)cc(Nc2ncc(C)s2)n1. The van der Waals surface area contributed by atoms with E-state index in [0.717, 1.165) is 47.9 Å². The Bertz CT molecular complexity index is 604. The Kier molecular flexibility index (Phi) is 4.45. The van der Waals surface area contributed by atoms with Crippen molar-refractivity contribution < 1.29 is 0 Å². The molecule has 1 saturated heterocycles. The quantitative estimate of drug-likeness (QED) is 0.909. The molecule has 0 atom stereocenters. The number of rotatable bonds is 4. The summed E-state index contributed by atoms with van der Waals surface area (Å²) in [5.41, 5.74) is 1.13. The molecule has 1 aliphatic heterocycles. The van der Waals surface area contributed by atoms with Crippen LogP contribution in [0.3, 0.4) is 0 Å². The van der Waals surface area contributed by atoms with Crippen molar-refractivity contribution in [2.24, 2.45) is 5.92 Å². The maximum atomic E-state index is 4.59. The van der Waals surface area contributed by atoms with Gasteiger partial charge in [-0.1, -0.05) is 0 Å². The van der Waals surface area contributed by atoms with E-state index in [1.165, 1.54) is 17.7 Å². The van der Waals surface area contributed by atoms with Gasteiger partial charge in [-0.3, -0.25) is 0 Å². The third kappa shape index (κ3) is 3.98. The molecule has 0 amide bonds. The summed E-state index contributed by atoms with van der Waals surface area (Å²) < 4.78 is 0. The Morgan fingerprint density at radius 2 is 2.10 bits per heavy atom. The molecular weight excluding hydrogens is 282 g/mol. The smallest absolute Gasteiger partial charge is 0.188 e. The maximum absolute atomic E-state index is 4.59. The monoisotopic (exact) mass is 303 g/mol. The first-order valence-electron chi connectivity index (χ1n) is 7.44. The second kappa shape index (κ2) is 6.49. The molecule has 2 aromatic rings. The predicted molar refractivity (Wildman–Crippen MR) is 86.2 cm³/mol. The van der Waals surface area contributed by atoms with Crippen LogP contribution >= 0.6 is 11.3 Å². The number of hydrogen-bond donors (Lipinski definition) is 2. The van der Waals surface area contributed by atoms with Crippen LogP contribution < -0.4 is 10.6 Å². The fourth-order valence-corrected chi connectivity index (χ4v) is 3.37. The lowest BCUT2D eigenvalue weighted by Crippen LogP contribution is -2.28. The van der Waals surface area contributed by atoms with E-state index in [0.29, 0.717) is 0 Å². The number of piperidine rings is 1. The highest BCUT2D eigenvalue weighted by atomic mass is 32.1. The zero-order chi connectivity index (χ0) is 14.7. The van der Waals surface area contributed by atoms with E-state index in [1.54, 1.807) is 11.3 Å². The second-order valence-electron chi connectivity index (χ2n) is 5.59. The Morgan fingerprint density at radius 3 is 2.81 bits per heavy atom. The Labute approximate surface area is 129 Å². The van der Waals surface area contributed by atoms with Gasteiger partial charge in [-0.05, 0) is 52.1 Å². The lowest BCUT2D eigenvalue weighted by atomic mass is 9.93. The van der Waals surface area contributed by atoms with Crippen molar-refractivity contribution in [2.45, 2.75) is 33.1 Å². The van der Waals surface area contributed by atoms with E-state index >= 15 is 0 Å². The molecule has 0 aliphatic carbocycles. The Balaban J connectivity index is 1.72. The third-order valence-electron chi connectivity index (χ3n) is 3.70. The van der Waals surface area contributed by atoms with E-state index < -0.39 is 0 Å². The van der Waals surface area contributed by atoms with Gasteiger partial charge in [0.2, 0.25) is 0 Å². The fraction of sp³-hybridized carbons (Fsp3) is 0.533. The highest BCUT2D eigenvalue weighted by Crippen LogP contribution is 2.23. The van der Waals surface area contributed by atoms with Crippen LogP contribution in [0.5, 0.6) is 0 Å². The van der Waals surface area contributed by atoms with Crippen molar-refractivity contribution in [1.82, 2.24) is 20.3 Å². The molecule has 3 rings (SSSR count). The minimum Gasteiger partial charge on any atom is -0.317 e. The van der Waals surface area contributed by atoms with Gasteiger partial charge in [0, 0.05) is 22.8 Å². The minimum absolute atomic E-state index is 0.732. The van der Waals surface area contributed by atoms with Gasteiger partial charge in [0.05, 0.1) is 0 Å². The highest BCUT2D eigenvalue weighted by molar-refractivity contribution is 7.15. The number of thiazole rings is 1. The van der Waals surface area contributed by atoms with Crippen LogP contribution in [0.25, 0.3) is 0 Å². The maximum Gasteiger partial charge on any atom is 0.188 e. The van der Waals surface area contributed by atoms with E-state index in [4.69, 9.17) is 0 Å². The standard InChI is InChI=1S/C15H21N5S/c1-10-9-17-15(21-10)20-14-8-13(18-11(2)19-14)7-12-3-5-16-6-4-12/h8-9,12,16H,3-7H2,1-2H3,(H,17,18,19,20). The topological polar surface area (TPSA) is 62.7 Å². The molecular formula is C15H21N5S. The van der Waals surface area contributed by atoms with Crippen LogP contribution in [-0.2, 0) is 6.42 Å². The van der Waals surface area contributed by atoms with Crippen LogP contribution in [0.15, 0.2) is 12.3 Å². The van der Waals surface area contributed by atoms with Gasteiger partial charge in [-0.25, -0.2) is 15.0 Å². The van der Waals surface area contributed by atoms with Crippen molar-refractivity contribution in [2.75, 3.05) is 18.4 Å². The van der Waals surface area contributed by atoms with Crippen LogP contribution in [-0.4, -0.2) is 28.0 Å². The summed E-state index contributed by atoms with van der Waals surface area (Å²) in [7, 11) is 0. The molecule has 112 valence electrons. The lowest BCUT2D eigenvalue weighted by Gasteiger charge is -2.22. The largest absolute Gasteiger partial charge is 0.317 e. The first kappa shape index (κ1) is 14.4. The Morgan fingerprint density at radius 1 is 1.29 bits per heavy atom. The molecule has 5 nitrogen and oxygen atoms in total. The second-order valence-corrected chi connectivity index (χ2v) is 6.83. The number of nitrogens with one attached hydrogen (secondary N) is 2.